The Labute approximate surface area is 231 Å². The molecule has 0 aromatic rings. The number of hydrogen-bond donors (Lipinski definition) is 3. The van der Waals surface area contributed by atoms with Crippen molar-refractivity contribution in [1.82, 2.24) is 0 Å². The first kappa shape index (κ1) is 26.7. The molecule has 12 atom stereocenters. The summed E-state index contributed by atoms with van der Waals surface area (Å²) in [5.74, 6) is -10.9. The molecule has 7 rings (SSSR count). The molecular formula is C29H36O11. The van der Waals surface area contributed by atoms with Crippen LogP contribution in [0, 0.1) is 35.0 Å². The Kier molecular flexibility index (Phi) is 4.95. The van der Waals surface area contributed by atoms with E-state index in [2.05, 4.69) is 0 Å². The van der Waals surface area contributed by atoms with Gasteiger partial charge < -0.3 is 34.3 Å². The number of aliphatic hydroxyl groups excluding tert-OH is 1. The summed E-state index contributed by atoms with van der Waals surface area (Å²) in [7, 11) is 0. The highest BCUT2D eigenvalue weighted by Gasteiger charge is 2.83. The first-order valence-corrected chi connectivity index (χ1v) is 14.2. The van der Waals surface area contributed by atoms with Crippen molar-refractivity contribution >= 4 is 23.5 Å². The van der Waals surface area contributed by atoms with Crippen molar-refractivity contribution in [3.8, 4) is 0 Å². The van der Waals surface area contributed by atoms with Gasteiger partial charge in [-0.25, -0.2) is 4.79 Å². The smallest absolute Gasteiger partial charge is 0.334 e. The van der Waals surface area contributed by atoms with E-state index in [1.54, 1.807) is 40.7 Å². The Hall–Kier alpha value is -2.18. The molecule has 2 bridgehead atoms. The summed E-state index contributed by atoms with van der Waals surface area (Å²) < 4.78 is 24.1. The molecule has 5 aliphatic heterocycles. The van der Waals surface area contributed by atoms with Gasteiger partial charge in [0.1, 0.15) is 18.3 Å². The molecule has 218 valence electrons. The van der Waals surface area contributed by atoms with Gasteiger partial charge in [0.05, 0.1) is 23.2 Å². The number of ketones is 2. The lowest BCUT2D eigenvalue weighted by atomic mass is 9.62. The number of aliphatic hydroxyl groups is 3. The molecule has 0 amide bonds. The minimum atomic E-state index is -2.49. The van der Waals surface area contributed by atoms with Crippen LogP contribution in [0.15, 0.2) is 11.6 Å². The van der Waals surface area contributed by atoms with Crippen molar-refractivity contribution < 1.29 is 53.4 Å². The molecule has 4 saturated heterocycles. The quantitative estimate of drug-likeness (QED) is 0.387. The zero-order valence-corrected chi connectivity index (χ0v) is 23.3. The second-order valence-electron chi connectivity index (χ2n) is 14.1. The predicted octanol–water partition coefficient (Wildman–Crippen LogP) is 0.706. The molecule has 2 spiro atoms. The maximum absolute atomic E-state index is 14.4. The summed E-state index contributed by atoms with van der Waals surface area (Å²) in [4.78, 5) is 53.2. The van der Waals surface area contributed by atoms with Crippen molar-refractivity contribution in [2.24, 2.45) is 35.0 Å². The average molecular weight is 561 g/mol. The molecule has 11 heteroatoms. The summed E-state index contributed by atoms with van der Waals surface area (Å²) in [6, 6.07) is 0. The van der Waals surface area contributed by atoms with Gasteiger partial charge in [-0.05, 0) is 46.1 Å². The third-order valence-electron chi connectivity index (χ3n) is 11.6. The normalized spacial score (nSPS) is 56.0. The van der Waals surface area contributed by atoms with Crippen LogP contribution in [0.4, 0.5) is 0 Å². The fourth-order valence-corrected chi connectivity index (χ4v) is 10.1. The average Bonchev–Trinajstić information content (AvgIpc) is 3.42. The number of ether oxygens (including phenoxy) is 4. The highest BCUT2D eigenvalue weighted by Crippen LogP contribution is 2.69. The highest BCUT2D eigenvalue weighted by atomic mass is 16.7. The third-order valence-corrected chi connectivity index (χ3v) is 11.6. The van der Waals surface area contributed by atoms with E-state index in [-0.39, 0.29) is 31.5 Å². The van der Waals surface area contributed by atoms with Crippen molar-refractivity contribution in [1.29, 1.82) is 0 Å². The monoisotopic (exact) mass is 560 g/mol. The van der Waals surface area contributed by atoms with Gasteiger partial charge in [-0.1, -0.05) is 13.8 Å². The van der Waals surface area contributed by atoms with E-state index in [4.69, 9.17) is 18.9 Å². The van der Waals surface area contributed by atoms with Crippen LogP contribution in [0.5, 0.6) is 0 Å². The Morgan fingerprint density at radius 3 is 2.35 bits per heavy atom. The first-order chi connectivity index (χ1) is 18.4. The fraction of sp³-hybridized carbons (Fsp3) is 0.793. The van der Waals surface area contributed by atoms with E-state index in [1.807, 2.05) is 0 Å². The number of fused-ring (bicyclic) bond motifs is 3. The van der Waals surface area contributed by atoms with Crippen molar-refractivity contribution in [3.63, 3.8) is 0 Å². The van der Waals surface area contributed by atoms with E-state index >= 15 is 0 Å². The van der Waals surface area contributed by atoms with Gasteiger partial charge in [0, 0.05) is 41.1 Å². The van der Waals surface area contributed by atoms with Gasteiger partial charge in [-0.2, -0.15) is 0 Å². The van der Waals surface area contributed by atoms with Crippen LogP contribution in [0.1, 0.15) is 66.7 Å². The highest BCUT2D eigenvalue weighted by molar-refractivity contribution is 5.97. The van der Waals surface area contributed by atoms with Crippen LogP contribution in [0.25, 0.3) is 0 Å². The van der Waals surface area contributed by atoms with Crippen LogP contribution in [0.3, 0.4) is 0 Å². The molecule has 0 unspecified atom stereocenters. The molecular weight excluding hydrogens is 524 g/mol. The summed E-state index contributed by atoms with van der Waals surface area (Å²) >= 11 is 0. The molecule has 2 saturated carbocycles. The van der Waals surface area contributed by atoms with E-state index in [1.165, 1.54) is 0 Å². The minimum Gasteiger partial charge on any atom is -0.454 e. The third kappa shape index (κ3) is 2.83. The van der Waals surface area contributed by atoms with Gasteiger partial charge in [0.15, 0.2) is 5.60 Å². The molecule has 2 aliphatic carbocycles. The van der Waals surface area contributed by atoms with Gasteiger partial charge in [0.25, 0.3) is 0 Å². The number of hydrogen-bond acceptors (Lipinski definition) is 11. The lowest BCUT2D eigenvalue weighted by molar-refractivity contribution is -0.284. The minimum absolute atomic E-state index is 0.0386. The molecule has 0 aromatic heterocycles. The van der Waals surface area contributed by atoms with E-state index in [0.29, 0.717) is 5.57 Å². The molecule has 11 nitrogen and oxygen atoms in total. The van der Waals surface area contributed by atoms with Gasteiger partial charge >= 0.3 is 11.9 Å². The number of esters is 2. The lowest BCUT2D eigenvalue weighted by Crippen LogP contribution is -2.56. The second kappa shape index (κ2) is 7.42. The Bertz CT molecular complexity index is 1300. The molecule has 5 heterocycles. The van der Waals surface area contributed by atoms with Crippen LogP contribution >= 0.6 is 0 Å². The van der Waals surface area contributed by atoms with Crippen molar-refractivity contribution in [3.05, 3.63) is 11.6 Å². The maximum atomic E-state index is 14.4. The molecule has 40 heavy (non-hydrogen) atoms. The largest absolute Gasteiger partial charge is 0.454 e. The number of carbonyl (C=O) groups is 4. The zero-order chi connectivity index (χ0) is 29.0. The number of rotatable bonds is 1. The second-order valence-corrected chi connectivity index (χ2v) is 14.1. The summed E-state index contributed by atoms with van der Waals surface area (Å²) in [6.45, 7) is 8.53. The van der Waals surface area contributed by atoms with E-state index in [0.717, 1.165) is 0 Å². The van der Waals surface area contributed by atoms with Gasteiger partial charge in [-0.3, -0.25) is 14.4 Å². The molecule has 0 radical (unpaired) electrons. The molecule has 0 aromatic carbocycles. The molecule has 3 N–H and O–H groups in total. The number of cyclic esters (lactones) is 1. The van der Waals surface area contributed by atoms with Gasteiger partial charge in [-0.15, -0.1) is 0 Å². The first-order valence-electron chi connectivity index (χ1n) is 14.2. The van der Waals surface area contributed by atoms with Crippen molar-refractivity contribution in [2.45, 2.75) is 107 Å². The standard InChI is InChI=1S/C29H36O11/c1-12-8-15(37-23(12)34)18-13(2)21(32)25(5)6-7-26-11-27-16(24(3,4)39-28(27,35)10-17(31)38-27)9-14(30)19(26)22(33)29(36,40-26)20(18)25/h8,13-16,18-20,30,35-36H,6-7,9-11H2,1-5H3/t13-,14-,15+,16-,18+,19-,20-,25-,26-,27+,28+,29+/m0/s1. The summed E-state index contributed by atoms with van der Waals surface area (Å²) in [6.07, 6.45) is -0.878. The summed E-state index contributed by atoms with van der Waals surface area (Å²) in [5.41, 5.74) is -5.02. The number of Topliss-reactive ketones (excluding diaryl/α,β-unsaturated/α-hetero) is 2. The van der Waals surface area contributed by atoms with E-state index < -0.39 is 99.7 Å². The topological polar surface area (TPSA) is 166 Å². The van der Waals surface area contributed by atoms with Crippen molar-refractivity contribution in [2.75, 3.05) is 0 Å². The maximum Gasteiger partial charge on any atom is 0.334 e. The lowest BCUT2D eigenvalue weighted by Gasteiger charge is -2.42. The molecule has 6 fully saturated rings. The Morgan fingerprint density at radius 1 is 1.00 bits per heavy atom. The van der Waals surface area contributed by atoms with Crippen LogP contribution < -0.4 is 0 Å². The van der Waals surface area contributed by atoms with Gasteiger partial charge in [0.2, 0.25) is 17.4 Å². The number of carbonyl (C=O) groups excluding carboxylic acids is 4. The van der Waals surface area contributed by atoms with Crippen LogP contribution in [0.2, 0.25) is 0 Å². The Balaban J connectivity index is 1.38. The zero-order valence-electron chi connectivity index (χ0n) is 23.3. The van der Waals surface area contributed by atoms with Crippen LogP contribution in [-0.4, -0.2) is 79.4 Å². The Morgan fingerprint density at radius 2 is 1.70 bits per heavy atom. The molecule has 7 aliphatic rings. The van der Waals surface area contributed by atoms with E-state index in [9.17, 15) is 34.5 Å². The summed E-state index contributed by atoms with van der Waals surface area (Å²) in [5, 5.41) is 35.7. The fourth-order valence-electron chi connectivity index (χ4n) is 10.1. The SMILES string of the molecule is CC1=C[C@H]([C@H]2[C@H](C)C(=O)[C@@]3(C)CC[C@]45C[C@]67OC(=O)C[C@@]6(O)OC(C)(C)[C@@H]7C[C@H](O)[C@H]4C(=O)[C@](O)(O5)[C@@H]23)OC1=O. The van der Waals surface area contributed by atoms with Crippen LogP contribution in [-0.2, 0) is 38.1 Å². The predicted molar refractivity (Wildman–Crippen MR) is 132 cm³/mol.